The first-order chi connectivity index (χ1) is 20.2. The minimum Gasteiger partial charge on any atom is -0.494 e. The van der Waals surface area contributed by atoms with Crippen LogP contribution in [0.15, 0.2) is 42.0 Å². The van der Waals surface area contributed by atoms with Crippen LogP contribution in [0.5, 0.6) is 5.75 Å². The third kappa shape index (κ3) is 4.78. The number of rotatable bonds is 7. The van der Waals surface area contributed by atoms with E-state index in [-0.39, 0.29) is 39.8 Å². The van der Waals surface area contributed by atoms with Crippen LogP contribution in [0.3, 0.4) is 0 Å². The van der Waals surface area contributed by atoms with Crippen LogP contribution in [0.1, 0.15) is 113 Å². The molecule has 4 fully saturated rings. The van der Waals surface area contributed by atoms with Gasteiger partial charge >= 0.3 is 0 Å². The number of para-hydroxylation sites is 1. The summed E-state index contributed by atoms with van der Waals surface area (Å²) >= 11 is 0. The highest BCUT2D eigenvalue weighted by Crippen LogP contribution is 2.75. The van der Waals surface area contributed by atoms with Gasteiger partial charge in [0.1, 0.15) is 5.75 Å². The van der Waals surface area contributed by atoms with E-state index in [9.17, 15) is 10.2 Å². The second-order valence-electron chi connectivity index (χ2n) is 17.5. The molecule has 0 aromatic heterocycles. The summed E-state index contributed by atoms with van der Waals surface area (Å²) in [4.78, 5) is 0. The summed E-state index contributed by atoms with van der Waals surface area (Å²) in [6.45, 7) is 19.0. The highest BCUT2D eigenvalue weighted by Gasteiger charge is 2.69. The minimum absolute atomic E-state index is 0.0888. The molecule has 0 bridgehead atoms. The van der Waals surface area contributed by atoms with Gasteiger partial charge in [0.25, 0.3) is 0 Å². The Morgan fingerprint density at radius 1 is 0.814 bits per heavy atom. The lowest BCUT2D eigenvalue weighted by Gasteiger charge is -2.71. The highest BCUT2D eigenvalue weighted by molar-refractivity contribution is 5.34. The number of benzene rings is 1. The van der Waals surface area contributed by atoms with Gasteiger partial charge in [-0.25, -0.2) is 0 Å². The van der Waals surface area contributed by atoms with E-state index in [1.807, 2.05) is 30.3 Å². The van der Waals surface area contributed by atoms with E-state index >= 15 is 0 Å². The number of allylic oxidation sites excluding steroid dienone is 2. The van der Waals surface area contributed by atoms with Crippen molar-refractivity contribution in [3.63, 3.8) is 0 Å². The van der Waals surface area contributed by atoms with Gasteiger partial charge in [0.05, 0.1) is 32.0 Å². The molecule has 240 valence electrons. The largest absolute Gasteiger partial charge is 0.494 e. The molecule has 2 unspecified atom stereocenters. The van der Waals surface area contributed by atoms with Gasteiger partial charge in [-0.05, 0) is 109 Å². The maximum atomic E-state index is 11.1. The fraction of sp³-hybridized carbons (Fsp3) is 0.795. The molecule has 0 heterocycles. The summed E-state index contributed by atoms with van der Waals surface area (Å²) in [7, 11) is 0. The van der Waals surface area contributed by atoms with Crippen LogP contribution >= 0.6 is 0 Å². The second-order valence-corrected chi connectivity index (χ2v) is 17.5. The number of aliphatic hydroxyl groups excluding tert-OH is 2. The van der Waals surface area contributed by atoms with E-state index in [0.29, 0.717) is 24.4 Å². The third-order valence-corrected chi connectivity index (χ3v) is 14.8. The number of hydrogen-bond acceptors (Lipinski definition) is 4. The molecule has 5 aliphatic rings. The van der Waals surface area contributed by atoms with E-state index < -0.39 is 11.5 Å². The van der Waals surface area contributed by atoms with E-state index in [0.717, 1.165) is 50.9 Å². The number of ether oxygens (including phenoxy) is 2. The molecule has 0 saturated heterocycles. The summed E-state index contributed by atoms with van der Waals surface area (Å²) < 4.78 is 12.8. The van der Waals surface area contributed by atoms with Gasteiger partial charge in [-0.3, -0.25) is 0 Å². The van der Waals surface area contributed by atoms with E-state index in [1.165, 1.54) is 25.7 Å². The highest BCUT2D eigenvalue weighted by atomic mass is 16.5. The van der Waals surface area contributed by atoms with Crippen LogP contribution in [-0.4, -0.2) is 42.2 Å². The zero-order valence-corrected chi connectivity index (χ0v) is 28.3. The SMILES string of the molecule is CC1(C)C[C@@H]2C3=CC[C@@H]4[C@@]5(C)CC[C@H](O)C(C)(CO)C5CC[C@@]4(C)[C@]3(C)CC[C@@]2(C)[C@H](OCCCOc2ccccc2)C1. The van der Waals surface area contributed by atoms with Crippen molar-refractivity contribution in [2.75, 3.05) is 19.8 Å². The molecule has 1 aromatic rings. The predicted octanol–water partition coefficient (Wildman–Crippen LogP) is 8.61. The quantitative estimate of drug-likeness (QED) is 0.246. The predicted molar refractivity (Wildman–Crippen MR) is 174 cm³/mol. The van der Waals surface area contributed by atoms with Crippen LogP contribution in [0, 0.1) is 50.2 Å². The first-order valence-electron chi connectivity index (χ1n) is 17.5. The molecular formula is C39H60O4. The van der Waals surface area contributed by atoms with Gasteiger partial charge < -0.3 is 19.7 Å². The lowest BCUT2D eigenvalue weighted by Crippen LogP contribution is -2.66. The lowest BCUT2D eigenvalue weighted by molar-refractivity contribution is -0.220. The molecule has 4 nitrogen and oxygen atoms in total. The normalized spacial score (nSPS) is 46.9. The van der Waals surface area contributed by atoms with Crippen molar-refractivity contribution < 1.29 is 19.7 Å². The van der Waals surface area contributed by atoms with Crippen LogP contribution in [-0.2, 0) is 4.74 Å². The molecule has 0 spiro atoms. The molecule has 4 heteroatoms. The van der Waals surface area contributed by atoms with Crippen LogP contribution in [0.25, 0.3) is 0 Å². The van der Waals surface area contributed by atoms with Crippen molar-refractivity contribution in [2.24, 2.45) is 50.2 Å². The second kappa shape index (κ2) is 10.9. The lowest BCUT2D eigenvalue weighted by atomic mass is 9.33. The smallest absolute Gasteiger partial charge is 0.119 e. The molecule has 6 rings (SSSR count). The van der Waals surface area contributed by atoms with Crippen molar-refractivity contribution >= 4 is 0 Å². The Balaban J connectivity index is 1.24. The van der Waals surface area contributed by atoms with Crippen molar-refractivity contribution in [3.8, 4) is 5.75 Å². The molecule has 4 saturated carbocycles. The van der Waals surface area contributed by atoms with Crippen molar-refractivity contribution in [1.82, 2.24) is 0 Å². The molecular weight excluding hydrogens is 532 g/mol. The van der Waals surface area contributed by atoms with Gasteiger partial charge in [0.15, 0.2) is 0 Å². The van der Waals surface area contributed by atoms with Crippen molar-refractivity contribution in [3.05, 3.63) is 42.0 Å². The van der Waals surface area contributed by atoms with E-state index in [1.54, 1.807) is 5.57 Å². The molecule has 0 aliphatic heterocycles. The van der Waals surface area contributed by atoms with Gasteiger partial charge in [-0.15, -0.1) is 0 Å². The Hall–Kier alpha value is -1.36. The zero-order valence-electron chi connectivity index (χ0n) is 28.3. The Morgan fingerprint density at radius 3 is 2.28 bits per heavy atom. The maximum absolute atomic E-state index is 11.1. The number of hydrogen-bond donors (Lipinski definition) is 2. The average molecular weight is 593 g/mol. The standard InChI is InChI=1S/C39H60O4/c1-34(2)24-29-28-14-15-31-36(4)18-17-32(41)37(5,26-40)30(36)16-19-39(31,7)38(28,6)21-20-35(29,3)33(25-34)43-23-11-22-42-27-12-9-8-10-13-27/h8-10,12-14,29-33,40-41H,11,15-26H2,1-7H3/t29-,30?,31-,32+,33-,35-,36+,37?,38-,39-/m1/s1. The monoisotopic (exact) mass is 592 g/mol. The first kappa shape index (κ1) is 31.6. The average Bonchev–Trinajstić information content (AvgIpc) is 2.97. The van der Waals surface area contributed by atoms with Crippen LogP contribution < -0.4 is 4.74 Å². The molecule has 5 aliphatic carbocycles. The van der Waals surface area contributed by atoms with Gasteiger partial charge in [0, 0.05) is 17.3 Å². The number of fused-ring (bicyclic) bond motifs is 7. The van der Waals surface area contributed by atoms with Gasteiger partial charge in [0.2, 0.25) is 0 Å². The molecule has 0 amide bonds. The van der Waals surface area contributed by atoms with Gasteiger partial charge in [-0.2, -0.15) is 0 Å². The topological polar surface area (TPSA) is 58.9 Å². The molecule has 10 atom stereocenters. The molecule has 2 N–H and O–H groups in total. The molecule has 1 aromatic carbocycles. The fourth-order valence-corrected chi connectivity index (χ4v) is 11.9. The third-order valence-electron chi connectivity index (χ3n) is 14.8. The Morgan fingerprint density at radius 2 is 1.56 bits per heavy atom. The maximum Gasteiger partial charge on any atom is 0.119 e. The van der Waals surface area contributed by atoms with Gasteiger partial charge in [-0.1, -0.05) is 78.3 Å². The van der Waals surface area contributed by atoms with Crippen molar-refractivity contribution in [1.29, 1.82) is 0 Å². The summed E-state index contributed by atoms with van der Waals surface area (Å²) in [6, 6.07) is 10.1. The number of aliphatic hydroxyl groups is 2. The Labute approximate surface area is 262 Å². The van der Waals surface area contributed by atoms with Crippen LogP contribution in [0.4, 0.5) is 0 Å². The Bertz CT molecular complexity index is 1190. The Kier molecular flexibility index (Phi) is 7.99. The van der Waals surface area contributed by atoms with Crippen molar-refractivity contribution in [2.45, 2.75) is 125 Å². The molecule has 43 heavy (non-hydrogen) atoms. The summed E-state index contributed by atoms with van der Waals surface area (Å²) in [5, 5.41) is 21.6. The first-order valence-corrected chi connectivity index (χ1v) is 17.5. The zero-order chi connectivity index (χ0) is 30.9. The molecule has 0 radical (unpaired) electrons. The summed E-state index contributed by atoms with van der Waals surface area (Å²) in [5.41, 5.74) is 2.32. The summed E-state index contributed by atoms with van der Waals surface area (Å²) in [6.07, 6.45) is 13.7. The fourth-order valence-electron chi connectivity index (χ4n) is 11.9. The van der Waals surface area contributed by atoms with E-state index in [4.69, 9.17) is 9.47 Å². The minimum atomic E-state index is -0.396. The summed E-state index contributed by atoms with van der Waals surface area (Å²) in [5.74, 6) is 2.45. The van der Waals surface area contributed by atoms with E-state index in [2.05, 4.69) is 54.5 Å². The van der Waals surface area contributed by atoms with Crippen LogP contribution in [0.2, 0.25) is 0 Å².